The summed E-state index contributed by atoms with van der Waals surface area (Å²) >= 11 is 0. The minimum atomic E-state index is -5.68. The first-order valence-corrected chi connectivity index (χ1v) is 4.38. The van der Waals surface area contributed by atoms with Crippen LogP contribution in [0.1, 0.15) is 0 Å². The Kier molecular flexibility index (Phi) is 14.0. The van der Waals surface area contributed by atoms with Crippen LogP contribution in [0.3, 0.4) is 0 Å². The Morgan fingerprint density at radius 3 is 1.00 bits per heavy atom. The van der Waals surface area contributed by atoms with Crippen molar-refractivity contribution in [1.29, 1.82) is 0 Å². The second-order valence-electron chi connectivity index (χ2n) is 0.976. The van der Waals surface area contributed by atoms with E-state index in [1.807, 2.05) is 0 Å². The van der Waals surface area contributed by atoms with Crippen LogP contribution in [0.5, 0.6) is 0 Å². The van der Waals surface area contributed by atoms with Crippen LogP contribution in [-0.4, -0.2) is 0 Å². The molecule has 0 radical (unpaired) electrons. The van der Waals surface area contributed by atoms with E-state index in [0.717, 1.165) is 0 Å². The van der Waals surface area contributed by atoms with Gasteiger partial charge in [-0.3, -0.25) is 0 Å². The molecular weight excluding hydrogens is 397 g/mol. The van der Waals surface area contributed by atoms with Crippen molar-refractivity contribution in [3.8, 4) is 0 Å². The molecule has 12 heavy (non-hydrogen) atoms. The summed E-state index contributed by atoms with van der Waals surface area (Å²) in [7, 11) is -11.4. The molecule has 0 aliphatic carbocycles. The maximum atomic E-state index is 9.32. The van der Waals surface area contributed by atoms with Crippen molar-refractivity contribution in [3.63, 3.8) is 0 Å². The third-order valence-corrected chi connectivity index (χ3v) is 1.80. The molecular formula is H6N2O7P2Pt. The van der Waals surface area contributed by atoms with Gasteiger partial charge in [0.15, 0.2) is 0 Å². The van der Waals surface area contributed by atoms with E-state index in [0.29, 0.717) is 0 Å². The molecule has 78 valence electrons. The van der Waals surface area contributed by atoms with Crippen LogP contribution in [0.4, 0.5) is 0 Å². The Bertz CT molecular complexity index is 160. The van der Waals surface area contributed by atoms with Crippen molar-refractivity contribution in [3.05, 3.63) is 0 Å². The first-order valence-electron chi connectivity index (χ1n) is 1.46. The van der Waals surface area contributed by atoms with E-state index in [4.69, 9.17) is 0 Å². The van der Waals surface area contributed by atoms with Gasteiger partial charge in [0.05, 0.1) is 15.6 Å². The van der Waals surface area contributed by atoms with Gasteiger partial charge in [0.1, 0.15) is 0 Å². The quantitative estimate of drug-likeness (QED) is 0.449. The van der Waals surface area contributed by atoms with Crippen LogP contribution in [0, 0.1) is 0 Å². The van der Waals surface area contributed by atoms with Crippen molar-refractivity contribution in [1.82, 2.24) is 12.3 Å². The van der Waals surface area contributed by atoms with E-state index in [-0.39, 0.29) is 33.4 Å². The molecule has 0 aromatic heterocycles. The molecule has 0 atom stereocenters. The fourth-order valence-electron chi connectivity index (χ4n) is 0.122. The molecule has 0 amide bonds. The Hall–Kier alpha value is 0.868. The summed E-state index contributed by atoms with van der Waals surface area (Å²) in [6, 6.07) is 0. The summed E-state index contributed by atoms with van der Waals surface area (Å²) in [5.41, 5.74) is 0. The van der Waals surface area contributed by atoms with Crippen LogP contribution >= 0.6 is 15.6 Å². The van der Waals surface area contributed by atoms with Gasteiger partial charge in [-0.15, -0.1) is 0 Å². The molecule has 0 rings (SSSR count). The summed E-state index contributed by atoms with van der Waals surface area (Å²) in [4.78, 5) is 37.3. The van der Waals surface area contributed by atoms with E-state index in [1.54, 1.807) is 0 Å². The SMILES string of the molecule is N.N.O=P([O-])([O-])OP(=O)([O-])[O-].[Pt+4]. The van der Waals surface area contributed by atoms with Crippen LogP contribution in [0.2, 0.25) is 0 Å². The number of rotatable bonds is 2. The zero-order valence-corrected chi connectivity index (χ0v) is 9.54. The fourth-order valence-corrected chi connectivity index (χ4v) is 1.10. The van der Waals surface area contributed by atoms with Crippen molar-refractivity contribution >= 4 is 15.6 Å². The van der Waals surface area contributed by atoms with E-state index >= 15 is 0 Å². The van der Waals surface area contributed by atoms with Gasteiger partial charge in [-0.2, -0.15) is 0 Å². The third-order valence-electron chi connectivity index (χ3n) is 0.200. The standard InChI is InChI=1S/2H3N.H4O7P2.Pt/c;;1-8(2,3)7-9(4,5)6;/h2*1H3;(H2,1,2,3)(H2,4,5,6);/q;;;+4/p-4. The van der Waals surface area contributed by atoms with Gasteiger partial charge in [0.2, 0.25) is 0 Å². The number of phosphoric acid groups is 2. The van der Waals surface area contributed by atoms with Gasteiger partial charge in [-0.05, 0) is 0 Å². The molecule has 0 aromatic carbocycles. The van der Waals surface area contributed by atoms with Gasteiger partial charge in [0.25, 0.3) is 0 Å². The smallest absolute Gasteiger partial charge is 0.790 e. The van der Waals surface area contributed by atoms with Crippen LogP contribution in [0.15, 0.2) is 0 Å². The van der Waals surface area contributed by atoms with E-state index < -0.39 is 15.6 Å². The molecule has 6 N–H and O–H groups in total. The molecule has 0 aliphatic heterocycles. The zero-order chi connectivity index (χ0) is 7.71. The van der Waals surface area contributed by atoms with Crippen molar-refractivity contribution in [2.24, 2.45) is 0 Å². The van der Waals surface area contributed by atoms with Gasteiger partial charge >= 0.3 is 21.1 Å². The second kappa shape index (κ2) is 7.29. The van der Waals surface area contributed by atoms with Crippen molar-refractivity contribution in [2.45, 2.75) is 0 Å². The largest absolute Gasteiger partial charge is 4.00 e. The predicted molar refractivity (Wildman–Crippen MR) is 26.3 cm³/mol. The summed E-state index contributed by atoms with van der Waals surface area (Å²) in [5.74, 6) is 0. The predicted octanol–water partition coefficient (Wildman–Crippen LogP) is -3.02. The summed E-state index contributed by atoms with van der Waals surface area (Å²) in [6.45, 7) is 0. The average Bonchev–Trinajstić information content (AvgIpc) is 1.14. The monoisotopic (exact) mass is 403 g/mol. The van der Waals surface area contributed by atoms with Crippen molar-refractivity contribution < 1.29 is 54.1 Å². The zero-order valence-electron chi connectivity index (χ0n) is 5.48. The maximum absolute atomic E-state index is 9.32. The van der Waals surface area contributed by atoms with Crippen molar-refractivity contribution in [2.75, 3.05) is 0 Å². The van der Waals surface area contributed by atoms with Crippen LogP contribution < -0.4 is 31.9 Å². The van der Waals surface area contributed by atoms with E-state index in [2.05, 4.69) is 4.31 Å². The second-order valence-corrected chi connectivity index (χ2v) is 3.42. The molecule has 0 aliphatic rings. The minimum absolute atomic E-state index is 0. The molecule has 0 saturated carbocycles. The van der Waals surface area contributed by atoms with Gasteiger partial charge in [-0.25, -0.2) is 0 Å². The summed E-state index contributed by atoms with van der Waals surface area (Å²) < 4.78 is 21.2. The number of hydrogen-bond acceptors (Lipinski definition) is 9. The topological polar surface area (TPSA) is 206 Å². The molecule has 0 unspecified atom stereocenters. The molecule has 9 nitrogen and oxygen atoms in total. The fraction of sp³-hybridized carbons (Fsp3) is 0. The molecule has 0 aromatic rings. The Morgan fingerprint density at radius 1 is 0.833 bits per heavy atom. The van der Waals surface area contributed by atoms with Gasteiger partial charge < -0.3 is 45.3 Å². The minimum Gasteiger partial charge on any atom is -0.790 e. The Balaban J connectivity index is -0.000000107. The average molecular weight is 403 g/mol. The number of hydrogen-bond donors (Lipinski definition) is 2. The van der Waals surface area contributed by atoms with Crippen LogP contribution in [-0.2, 0) is 34.5 Å². The Labute approximate surface area is 82.4 Å². The first-order chi connectivity index (χ1) is 3.71. The van der Waals surface area contributed by atoms with Gasteiger partial charge in [0, 0.05) is 0 Å². The first kappa shape index (κ1) is 23.0. The summed E-state index contributed by atoms with van der Waals surface area (Å²) in [5, 5.41) is 0. The molecule has 0 heterocycles. The van der Waals surface area contributed by atoms with E-state index in [9.17, 15) is 28.7 Å². The molecule has 12 heteroatoms. The van der Waals surface area contributed by atoms with E-state index in [1.165, 1.54) is 0 Å². The third kappa shape index (κ3) is 22.4. The summed E-state index contributed by atoms with van der Waals surface area (Å²) in [6.07, 6.45) is 0. The Morgan fingerprint density at radius 2 is 1.00 bits per heavy atom. The molecule has 0 spiro atoms. The van der Waals surface area contributed by atoms with Crippen LogP contribution in [0.25, 0.3) is 0 Å². The molecule has 0 bridgehead atoms. The molecule has 0 fully saturated rings. The maximum Gasteiger partial charge on any atom is 4.00 e. The molecule has 0 saturated heterocycles. The van der Waals surface area contributed by atoms with Gasteiger partial charge in [-0.1, -0.05) is 0 Å². The normalized spacial score (nSPS) is 10.3.